The van der Waals surface area contributed by atoms with E-state index < -0.39 is 5.91 Å². The maximum Gasteiger partial charge on any atom is 0.273 e. The van der Waals surface area contributed by atoms with Crippen molar-refractivity contribution in [2.75, 3.05) is 15.6 Å². The third-order valence-electron chi connectivity index (χ3n) is 4.92. The third-order valence-corrected chi connectivity index (χ3v) is 6.09. The van der Waals surface area contributed by atoms with E-state index in [2.05, 4.69) is 20.7 Å². The molecule has 33 heavy (non-hydrogen) atoms. The van der Waals surface area contributed by atoms with Gasteiger partial charge in [-0.3, -0.25) is 19.7 Å². The molecule has 0 spiro atoms. The van der Waals surface area contributed by atoms with Crippen LogP contribution in [0.2, 0.25) is 5.02 Å². The van der Waals surface area contributed by atoms with E-state index in [4.69, 9.17) is 11.6 Å². The van der Waals surface area contributed by atoms with Crippen molar-refractivity contribution < 1.29 is 14.4 Å². The summed E-state index contributed by atoms with van der Waals surface area (Å²) in [6, 6.07) is 12.5. The molecule has 1 aliphatic rings. The third kappa shape index (κ3) is 5.27. The second kappa shape index (κ2) is 9.51. The van der Waals surface area contributed by atoms with Crippen molar-refractivity contribution in [1.82, 2.24) is 4.98 Å². The number of halogens is 1. The summed E-state index contributed by atoms with van der Waals surface area (Å²) in [4.78, 5) is 40.8. The molecule has 168 valence electrons. The van der Waals surface area contributed by atoms with Crippen LogP contribution in [0.5, 0.6) is 0 Å². The lowest BCUT2D eigenvalue weighted by Crippen LogP contribution is -2.36. The monoisotopic (exact) mass is 481 g/mol. The van der Waals surface area contributed by atoms with Crippen LogP contribution in [0.25, 0.3) is 11.3 Å². The van der Waals surface area contributed by atoms with Gasteiger partial charge in [0.05, 0.1) is 11.4 Å². The maximum atomic E-state index is 12.8. The molecule has 0 aliphatic carbocycles. The number of carbonyl (C=O) groups is 3. The molecule has 10 heteroatoms. The Morgan fingerprint density at radius 2 is 1.85 bits per heavy atom. The Balaban J connectivity index is 1.48. The summed E-state index contributed by atoms with van der Waals surface area (Å²) in [6.07, 6.45) is 0.408. The molecule has 2 N–H and O–H groups in total. The second-order valence-electron chi connectivity index (χ2n) is 7.44. The number of thiazole rings is 1. The van der Waals surface area contributed by atoms with E-state index in [0.717, 1.165) is 11.1 Å². The van der Waals surface area contributed by atoms with Gasteiger partial charge in [0.25, 0.3) is 5.91 Å². The van der Waals surface area contributed by atoms with Crippen LogP contribution in [0.3, 0.4) is 0 Å². The van der Waals surface area contributed by atoms with Gasteiger partial charge < -0.3 is 5.32 Å². The minimum atomic E-state index is -0.410. The van der Waals surface area contributed by atoms with Crippen LogP contribution in [-0.2, 0) is 14.4 Å². The molecule has 0 bridgehead atoms. The van der Waals surface area contributed by atoms with Crippen molar-refractivity contribution in [3.05, 3.63) is 58.4 Å². The topological polar surface area (TPSA) is 104 Å². The molecule has 0 fully saturated rings. The van der Waals surface area contributed by atoms with Crippen LogP contribution >= 0.6 is 22.9 Å². The molecule has 4 rings (SSSR count). The zero-order valence-electron chi connectivity index (χ0n) is 17.9. The second-order valence-corrected chi connectivity index (χ2v) is 8.70. The van der Waals surface area contributed by atoms with Gasteiger partial charge in [-0.1, -0.05) is 29.8 Å². The fourth-order valence-electron chi connectivity index (χ4n) is 3.19. The lowest BCUT2D eigenvalue weighted by Gasteiger charge is -2.23. The summed E-state index contributed by atoms with van der Waals surface area (Å²) < 4.78 is 0. The molecular formula is C23H20ClN5O3S. The van der Waals surface area contributed by atoms with Crippen molar-refractivity contribution in [1.29, 1.82) is 0 Å². The number of anilines is 3. The Kier molecular flexibility index (Phi) is 6.52. The van der Waals surface area contributed by atoms with E-state index in [1.165, 1.54) is 23.3 Å². The van der Waals surface area contributed by atoms with Crippen molar-refractivity contribution in [2.45, 2.75) is 26.7 Å². The Labute approximate surface area is 199 Å². The molecule has 2 heterocycles. The van der Waals surface area contributed by atoms with Crippen LogP contribution < -0.4 is 15.6 Å². The lowest BCUT2D eigenvalue weighted by atomic mass is 10.1. The van der Waals surface area contributed by atoms with Crippen LogP contribution in [0.15, 0.2) is 52.9 Å². The standard InChI is InChI=1S/C23H20ClN5O3S/c1-13-3-8-17(11-18(13)24)29-21(31)10-9-19(28-29)22(32)27-23-26-20(12-33-23)15-4-6-16(7-5-15)25-14(2)30/h3-8,11-12H,9-10H2,1-2H3,(H,25,30)(H,26,27,32). The molecule has 3 aromatic rings. The van der Waals surface area contributed by atoms with E-state index in [0.29, 0.717) is 27.2 Å². The van der Waals surface area contributed by atoms with Crippen molar-refractivity contribution in [3.8, 4) is 11.3 Å². The number of hydrogen-bond acceptors (Lipinski definition) is 6. The number of nitrogens with one attached hydrogen (secondary N) is 2. The molecule has 0 radical (unpaired) electrons. The number of nitrogens with zero attached hydrogens (tertiary/aromatic N) is 3. The predicted octanol–water partition coefficient (Wildman–Crippen LogP) is 4.85. The van der Waals surface area contributed by atoms with Crippen LogP contribution in [0.4, 0.5) is 16.5 Å². The van der Waals surface area contributed by atoms with Crippen molar-refractivity contribution >= 4 is 62.9 Å². The largest absolute Gasteiger partial charge is 0.326 e. The first kappa shape index (κ1) is 22.6. The molecule has 8 nitrogen and oxygen atoms in total. The number of aryl methyl sites for hydroxylation is 1. The average molecular weight is 482 g/mol. The molecule has 0 saturated heterocycles. The Morgan fingerprint density at radius 1 is 1.09 bits per heavy atom. The highest BCUT2D eigenvalue weighted by atomic mass is 35.5. The van der Waals surface area contributed by atoms with E-state index in [1.807, 2.05) is 24.4 Å². The highest BCUT2D eigenvalue weighted by molar-refractivity contribution is 7.14. The van der Waals surface area contributed by atoms with E-state index >= 15 is 0 Å². The van der Waals surface area contributed by atoms with E-state index in [9.17, 15) is 14.4 Å². The Morgan fingerprint density at radius 3 is 2.55 bits per heavy atom. The van der Waals surface area contributed by atoms with Gasteiger partial charge in [0.1, 0.15) is 5.71 Å². The minimum Gasteiger partial charge on any atom is -0.326 e. The van der Waals surface area contributed by atoms with Crippen molar-refractivity contribution in [2.24, 2.45) is 5.10 Å². The van der Waals surface area contributed by atoms with Gasteiger partial charge in [-0.2, -0.15) is 5.10 Å². The van der Waals surface area contributed by atoms with Crippen LogP contribution in [0, 0.1) is 6.92 Å². The fraction of sp³-hybridized carbons (Fsp3) is 0.174. The predicted molar refractivity (Wildman–Crippen MR) is 131 cm³/mol. The van der Waals surface area contributed by atoms with Gasteiger partial charge >= 0.3 is 0 Å². The molecule has 2 aromatic carbocycles. The summed E-state index contributed by atoms with van der Waals surface area (Å²) in [7, 11) is 0. The molecule has 3 amide bonds. The Hall–Kier alpha value is -3.56. The zero-order chi connectivity index (χ0) is 23.5. The summed E-state index contributed by atoms with van der Waals surface area (Å²) >= 11 is 7.47. The minimum absolute atomic E-state index is 0.141. The Bertz CT molecular complexity index is 1270. The van der Waals surface area contributed by atoms with E-state index in [-0.39, 0.29) is 30.4 Å². The van der Waals surface area contributed by atoms with Gasteiger partial charge in [0.15, 0.2) is 5.13 Å². The van der Waals surface area contributed by atoms with Crippen molar-refractivity contribution in [3.63, 3.8) is 0 Å². The summed E-state index contributed by atoms with van der Waals surface area (Å²) in [5.41, 5.74) is 3.88. The first-order valence-electron chi connectivity index (χ1n) is 10.1. The highest BCUT2D eigenvalue weighted by Crippen LogP contribution is 2.28. The summed E-state index contributed by atoms with van der Waals surface area (Å²) in [6.45, 7) is 3.32. The van der Waals surface area contributed by atoms with E-state index in [1.54, 1.807) is 30.3 Å². The SMILES string of the molecule is CC(=O)Nc1ccc(-c2csc(NC(=O)C3=NN(c4ccc(C)c(Cl)c4)C(=O)CC3)n2)cc1. The fourth-order valence-corrected chi connectivity index (χ4v) is 4.08. The van der Waals surface area contributed by atoms with Gasteiger partial charge in [-0.25, -0.2) is 9.99 Å². The number of hydrazone groups is 1. The zero-order valence-corrected chi connectivity index (χ0v) is 19.5. The average Bonchev–Trinajstić information content (AvgIpc) is 3.24. The number of aromatic nitrogens is 1. The number of hydrogen-bond donors (Lipinski definition) is 2. The normalized spacial score (nSPS) is 13.5. The van der Waals surface area contributed by atoms with Gasteiger partial charge in [0.2, 0.25) is 11.8 Å². The summed E-state index contributed by atoms with van der Waals surface area (Å²) in [5.74, 6) is -0.754. The number of benzene rings is 2. The van der Waals surface area contributed by atoms with Crippen LogP contribution in [-0.4, -0.2) is 28.4 Å². The molecule has 0 saturated carbocycles. The molecule has 1 aliphatic heterocycles. The molecular weight excluding hydrogens is 462 g/mol. The highest BCUT2D eigenvalue weighted by Gasteiger charge is 2.26. The molecule has 1 aromatic heterocycles. The maximum absolute atomic E-state index is 12.8. The van der Waals surface area contributed by atoms with Crippen LogP contribution in [0.1, 0.15) is 25.3 Å². The number of rotatable bonds is 5. The first-order chi connectivity index (χ1) is 15.8. The molecule has 0 atom stereocenters. The lowest BCUT2D eigenvalue weighted by molar-refractivity contribution is -0.119. The van der Waals surface area contributed by atoms with Gasteiger partial charge in [-0.05, 0) is 36.8 Å². The van der Waals surface area contributed by atoms with Gasteiger partial charge in [0, 0.05) is 41.4 Å². The molecule has 0 unspecified atom stereocenters. The first-order valence-corrected chi connectivity index (χ1v) is 11.4. The van der Waals surface area contributed by atoms with Gasteiger partial charge in [-0.15, -0.1) is 11.3 Å². The quantitative estimate of drug-likeness (QED) is 0.543. The summed E-state index contributed by atoms with van der Waals surface area (Å²) in [5, 5.41) is 13.7. The number of amides is 3. The number of carbonyl (C=O) groups excluding carboxylic acids is 3. The smallest absolute Gasteiger partial charge is 0.273 e.